The smallest absolute Gasteiger partial charge is 0.331 e. The van der Waals surface area contributed by atoms with E-state index in [2.05, 4.69) is 13.2 Å². The van der Waals surface area contributed by atoms with Crippen molar-refractivity contribution in [2.24, 2.45) is 0 Å². The van der Waals surface area contributed by atoms with Crippen molar-refractivity contribution < 1.29 is 19.8 Å². The van der Waals surface area contributed by atoms with Gasteiger partial charge in [0.1, 0.15) is 0 Å². The molecular formula is C8H10O4S. The van der Waals surface area contributed by atoms with Crippen molar-refractivity contribution in [1.29, 1.82) is 0 Å². The van der Waals surface area contributed by atoms with E-state index in [0.29, 0.717) is 0 Å². The average Bonchev–Trinajstić information content (AvgIpc) is 2.03. The van der Waals surface area contributed by atoms with Crippen molar-refractivity contribution in [2.45, 2.75) is 0 Å². The Morgan fingerprint density at radius 3 is 1.54 bits per heavy atom. The van der Waals surface area contributed by atoms with E-state index in [1.807, 2.05) is 0 Å². The van der Waals surface area contributed by atoms with Crippen molar-refractivity contribution in [2.75, 3.05) is 11.5 Å². The molecule has 0 aliphatic rings. The summed E-state index contributed by atoms with van der Waals surface area (Å²) in [6.07, 6.45) is 0. The Labute approximate surface area is 79.9 Å². The first kappa shape index (κ1) is 11.8. The number of aliphatic carboxylic acids is 2. The van der Waals surface area contributed by atoms with Crippen LogP contribution in [0.2, 0.25) is 0 Å². The molecule has 0 aromatic heterocycles. The Bertz CT molecular complexity index is 231. The lowest BCUT2D eigenvalue weighted by Gasteiger charge is -2.00. The summed E-state index contributed by atoms with van der Waals surface area (Å²) in [6, 6.07) is 0. The van der Waals surface area contributed by atoms with Gasteiger partial charge in [0.2, 0.25) is 0 Å². The fourth-order valence-corrected chi connectivity index (χ4v) is 1.26. The normalized spacial score (nSPS) is 9.23. The number of carboxylic acids is 2. The van der Waals surface area contributed by atoms with Crippen molar-refractivity contribution in [1.82, 2.24) is 0 Å². The first-order chi connectivity index (χ1) is 5.95. The minimum Gasteiger partial charge on any atom is -0.478 e. The lowest BCUT2D eigenvalue weighted by Crippen LogP contribution is -2.05. The summed E-state index contributed by atoms with van der Waals surface area (Å²) in [7, 11) is 0. The highest BCUT2D eigenvalue weighted by Gasteiger charge is 2.06. The van der Waals surface area contributed by atoms with Gasteiger partial charge in [-0.1, -0.05) is 13.2 Å². The average molecular weight is 202 g/mol. The first-order valence-corrected chi connectivity index (χ1v) is 4.50. The van der Waals surface area contributed by atoms with Crippen molar-refractivity contribution in [3.05, 3.63) is 24.3 Å². The van der Waals surface area contributed by atoms with E-state index < -0.39 is 11.9 Å². The standard InChI is InChI=1S/C8H10O4S/c1-5(7(9)10)3-13-4-6(2)8(11)12/h1-4H2,(H,9,10)(H,11,12). The maximum Gasteiger partial charge on any atom is 0.331 e. The Hall–Kier alpha value is -1.23. The molecule has 0 saturated heterocycles. The molecule has 0 spiro atoms. The summed E-state index contributed by atoms with van der Waals surface area (Å²) in [5.74, 6) is -1.70. The molecule has 0 saturated carbocycles. The second kappa shape index (κ2) is 5.42. The molecule has 0 aromatic rings. The quantitative estimate of drug-likeness (QED) is 0.628. The second-order valence-electron chi connectivity index (χ2n) is 2.31. The Morgan fingerprint density at radius 1 is 1.00 bits per heavy atom. The lowest BCUT2D eigenvalue weighted by atomic mass is 10.4. The van der Waals surface area contributed by atoms with Gasteiger partial charge in [0, 0.05) is 22.7 Å². The van der Waals surface area contributed by atoms with Gasteiger partial charge in [-0.05, 0) is 0 Å². The molecule has 0 radical (unpaired) electrons. The van der Waals surface area contributed by atoms with Gasteiger partial charge in [0.15, 0.2) is 0 Å². The van der Waals surface area contributed by atoms with E-state index in [1.165, 1.54) is 11.8 Å². The number of carboxylic acid groups (broad SMARTS) is 2. The molecule has 5 heteroatoms. The molecule has 72 valence electrons. The maximum absolute atomic E-state index is 10.3. The fourth-order valence-electron chi connectivity index (χ4n) is 0.421. The predicted molar refractivity (Wildman–Crippen MR) is 50.9 cm³/mol. The number of hydrogen-bond acceptors (Lipinski definition) is 3. The molecule has 0 heterocycles. The highest BCUT2D eigenvalue weighted by atomic mass is 32.2. The third kappa shape index (κ3) is 5.08. The van der Waals surface area contributed by atoms with Crippen LogP contribution in [-0.2, 0) is 9.59 Å². The molecule has 0 bridgehead atoms. The van der Waals surface area contributed by atoms with E-state index in [-0.39, 0.29) is 22.7 Å². The van der Waals surface area contributed by atoms with Crippen LogP contribution in [0, 0.1) is 0 Å². The molecule has 0 aliphatic heterocycles. The Morgan fingerprint density at radius 2 is 1.31 bits per heavy atom. The number of rotatable bonds is 6. The van der Waals surface area contributed by atoms with Gasteiger partial charge >= 0.3 is 11.9 Å². The van der Waals surface area contributed by atoms with Gasteiger partial charge in [-0.15, -0.1) is 0 Å². The zero-order valence-corrected chi connectivity index (χ0v) is 7.76. The fraction of sp³-hybridized carbons (Fsp3) is 0.250. The Kier molecular flexibility index (Phi) is 4.91. The summed E-state index contributed by atoms with van der Waals surface area (Å²) in [6.45, 7) is 6.60. The molecule has 4 nitrogen and oxygen atoms in total. The van der Waals surface area contributed by atoms with Gasteiger partial charge in [0.25, 0.3) is 0 Å². The second-order valence-corrected chi connectivity index (χ2v) is 3.30. The van der Waals surface area contributed by atoms with E-state index in [1.54, 1.807) is 0 Å². The first-order valence-electron chi connectivity index (χ1n) is 3.35. The highest BCUT2D eigenvalue weighted by Crippen LogP contribution is 2.10. The van der Waals surface area contributed by atoms with Gasteiger partial charge < -0.3 is 10.2 Å². The van der Waals surface area contributed by atoms with Crippen molar-refractivity contribution >= 4 is 23.7 Å². The molecule has 2 N–H and O–H groups in total. The van der Waals surface area contributed by atoms with Crippen LogP contribution in [0.3, 0.4) is 0 Å². The third-order valence-corrected chi connectivity index (χ3v) is 2.26. The third-order valence-electron chi connectivity index (χ3n) is 1.16. The van der Waals surface area contributed by atoms with Crippen LogP contribution >= 0.6 is 11.8 Å². The number of thioether (sulfide) groups is 1. The summed E-state index contributed by atoms with van der Waals surface area (Å²) in [4.78, 5) is 20.5. The summed E-state index contributed by atoms with van der Waals surface area (Å²) < 4.78 is 0. The molecule has 0 aliphatic carbocycles. The molecule has 0 atom stereocenters. The van der Waals surface area contributed by atoms with E-state index >= 15 is 0 Å². The van der Waals surface area contributed by atoms with Crippen LogP contribution in [0.15, 0.2) is 24.3 Å². The predicted octanol–water partition coefficient (Wildman–Crippen LogP) is 1.00. The van der Waals surface area contributed by atoms with Gasteiger partial charge in [-0.2, -0.15) is 11.8 Å². The largest absolute Gasteiger partial charge is 0.478 e. The molecule has 0 rings (SSSR count). The van der Waals surface area contributed by atoms with Gasteiger partial charge in [-0.3, -0.25) is 0 Å². The molecule has 0 amide bonds. The van der Waals surface area contributed by atoms with E-state index in [9.17, 15) is 9.59 Å². The van der Waals surface area contributed by atoms with Crippen LogP contribution in [-0.4, -0.2) is 33.7 Å². The van der Waals surface area contributed by atoms with Crippen LogP contribution < -0.4 is 0 Å². The minimum atomic E-state index is -1.06. The Balaban J connectivity index is 3.69. The zero-order valence-electron chi connectivity index (χ0n) is 6.95. The van der Waals surface area contributed by atoms with Crippen LogP contribution in [0.1, 0.15) is 0 Å². The summed E-state index contributed by atoms with van der Waals surface area (Å²) in [5, 5.41) is 16.8. The summed E-state index contributed by atoms with van der Waals surface area (Å²) >= 11 is 1.17. The maximum atomic E-state index is 10.3. The van der Waals surface area contributed by atoms with Crippen molar-refractivity contribution in [3.63, 3.8) is 0 Å². The number of carbonyl (C=O) groups is 2. The monoisotopic (exact) mass is 202 g/mol. The lowest BCUT2D eigenvalue weighted by molar-refractivity contribution is -0.133. The number of hydrogen-bond donors (Lipinski definition) is 2. The molecular weight excluding hydrogens is 192 g/mol. The summed E-state index contributed by atoms with van der Waals surface area (Å²) in [5.41, 5.74) is 0.117. The molecule has 13 heavy (non-hydrogen) atoms. The van der Waals surface area contributed by atoms with Crippen LogP contribution in [0.5, 0.6) is 0 Å². The van der Waals surface area contributed by atoms with E-state index in [0.717, 1.165) is 0 Å². The molecule has 0 fully saturated rings. The van der Waals surface area contributed by atoms with Crippen molar-refractivity contribution in [3.8, 4) is 0 Å². The van der Waals surface area contributed by atoms with E-state index in [4.69, 9.17) is 10.2 Å². The van der Waals surface area contributed by atoms with Crippen LogP contribution in [0.4, 0.5) is 0 Å². The van der Waals surface area contributed by atoms with Crippen LogP contribution in [0.25, 0.3) is 0 Å². The highest BCUT2D eigenvalue weighted by molar-refractivity contribution is 7.99. The topological polar surface area (TPSA) is 74.6 Å². The molecule has 0 unspecified atom stereocenters. The van der Waals surface area contributed by atoms with Gasteiger partial charge in [0.05, 0.1) is 0 Å². The zero-order chi connectivity index (χ0) is 10.4. The van der Waals surface area contributed by atoms with Gasteiger partial charge in [-0.25, -0.2) is 9.59 Å². The SMILES string of the molecule is C=C(CSCC(=C)C(=O)O)C(=O)O. The molecule has 0 aromatic carbocycles. The minimum absolute atomic E-state index is 0.0585.